The summed E-state index contributed by atoms with van der Waals surface area (Å²) in [6, 6.07) is 3.47. The highest BCUT2D eigenvalue weighted by Gasteiger charge is 2.03. The van der Waals surface area contributed by atoms with Gasteiger partial charge < -0.3 is 0 Å². The second-order valence-corrected chi connectivity index (χ2v) is 3.75. The molecule has 0 amide bonds. The van der Waals surface area contributed by atoms with Crippen LogP contribution in [0.5, 0.6) is 0 Å². The maximum atomic E-state index is 12.8. The van der Waals surface area contributed by atoms with Crippen molar-refractivity contribution in [1.82, 2.24) is 0 Å². The summed E-state index contributed by atoms with van der Waals surface area (Å²) in [5, 5.41) is 0. The predicted molar refractivity (Wildman–Crippen MR) is 57.9 cm³/mol. The van der Waals surface area contributed by atoms with E-state index in [4.69, 9.17) is 0 Å². The maximum absolute atomic E-state index is 12.8. The summed E-state index contributed by atoms with van der Waals surface area (Å²) in [5.41, 5.74) is 1.03. The van der Waals surface area contributed by atoms with Crippen LogP contribution in [0.25, 0.3) is 0 Å². The van der Waals surface area contributed by atoms with Gasteiger partial charge in [-0.2, -0.15) is 0 Å². The van der Waals surface area contributed by atoms with E-state index in [1.807, 2.05) is 20.8 Å². The van der Waals surface area contributed by atoms with Gasteiger partial charge in [0.1, 0.15) is 0 Å². The van der Waals surface area contributed by atoms with Gasteiger partial charge in [-0.15, -0.1) is 0 Å². The van der Waals surface area contributed by atoms with Crippen molar-refractivity contribution in [2.24, 2.45) is 0 Å². The van der Waals surface area contributed by atoms with Gasteiger partial charge in [0.2, 0.25) is 0 Å². The number of hydrogen-bond donors (Lipinski definition) is 0. The lowest BCUT2D eigenvalue weighted by atomic mass is 10.2. The average Bonchev–Trinajstić information content (AvgIpc) is 2.04. The van der Waals surface area contributed by atoms with Crippen molar-refractivity contribution in [3.05, 3.63) is 32.5 Å². The first kappa shape index (κ1) is 12.1. The fourth-order valence-corrected chi connectivity index (χ4v) is 2.10. The number of halogens is 3. The fraction of sp³-hybridized carbons (Fsp3) is 0.333. The molecule has 0 bridgehead atoms. The molecular weight excluding hydrogens is 287 g/mol. The van der Waals surface area contributed by atoms with Gasteiger partial charge in [0, 0.05) is 0 Å². The first-order valence-electron chi connectivity index (χ1n) is 3.72. The largest absolute Gasteiger partial charge is 0.205 e. The third-order valence-electron chi connectivity index (χ3n) is 1.13. The lowest BCUT2D eigenvalue weighted by Crippen LogP contribution is -1.81. The van der Waals surface area contributed by atoms with E-state index in [1.54, 1.807) is 12.1 Å². The molecule has 12 heavy (non-hydrogen) atoms. The molecule has 0 saturated heterocycles. The van der Waals surface area contributed by atoms with Crippen molar-refractivity contribution in [1.29, 1.82) is 0 Å². The molecule has 0 aliphatic carbocycles. The zero-order valence-corrected chi connectivity index (χ0v) is 10.5. The van der Waals surface area contributed by atoms with Crippen molar-refractivity contribution >= 4 is 31.9 Å². The van der Waals surface area contributed by atoms with Gasteiger partial charge in [0.15, 0.2) is 5.82 Å². The Kier molecular flexibility index (Phi) is 5.76. The number of aryl methyl sites for hydroxylation is 1. The average molecular weight is 298 g/mol. The van der Waals surface area contributed by atoms with Gasteiger partial charge in [-0.1, -0.05) is 13.8 Å². The minimum atomic E-state index is -0.245. The highest BCUT2D eigenvalue weighted by atomic mass is 79.9. The van der Waals surface area contributed by atoms with Gasteiger partial charge in [-0.25, -0.2) is 4.39 Å². The Morgan fingerprint density at radius 2 is 1.42 bits per heavy atom. The van der Waals surface area contributed by atoms with Gasteiger partial charge in [0.25, 0.3) is 0 Å². The monoisotopic (exact) mass is 296 g/mol. The summed E-state index contributed by atoms with van der Waals surface area (Å²) < 4.78 is 13.8. The molecule has 68 valence electrons. The van der Waals surface area contributed by atoms with Crippen LogP contribution in [-0.4, -0.2) is 0 Å². The van der Waals surface area contributed by atoms with Crippen LogP contribution in [0.15, 0.2) is 21.1 Å². The third-order valence-corrected chi connectivity index (χ3v) is 2.28. The summed E-state index contributed by atoms with van der Waals surface area (Å²) in [4.78, 5) is 0. The third kappa shape index (κ3) is 3.23. The summed E-state index contributed by atoms with van der Waals surface area (Å²) in [6.45, 7) is 5.91. The first-order valence-corrected chi connectivity index (χ1v) is 5.31. The Hall–Kier alpha value is 0.110. The summed E-state index contributed by atoms with van der Waals surface area (Å²) in [5.74, 6) is -0.245. The molecule has 0 aromatic heterocycles. The van der Waals surface area contributed by atoms with Gasteiger partial charge >= 0.3 is 0 Å². The number of benzene rings is 1. The van der Waals surface area contributed by atoms with E-state index in [2.05, 4.69) is 31.9 Å². The standard InChI is InChI=1S/C7H5Br2F.C2H6/c1-4-2-5(8)7(10)6(9)3-4;1-2/h2-3H,1H3;1-2H3. The quantitative estimate of drug-likeness (QED) is 0.610. The molecule has 0 radical (unpaired) electrons. The fourth-order valence-electron chi connectivity index (χ4n) is 0.682. The molecular formula is C9H11Br2F. The molecule has 0 spiro atoms. The Balaban J connectivity index is 0.000000561. The lowest BCUT2D eigenvalue weighted by Gasteiger charge is -1.98. The zero-order valence-electron chi connectivity index (χ0n) is 7.29. The second kappa shape index (κ2) is 5.70. The maximum Gasteiger partial charge on any atom is 0.151 e. The van der Waals surface area contributed by atoms with Gasteiger partial charge in [-0.3, -0.25) is 0 Å². The zero-order chi connectivity index (χ0) is 9.72. The van der Waals surface area contributed by atoms with E-state index in [0.29, 0.717) is 8.95 Å². The Morgan fingerprint density at radius 1 is 1.08 bits per heavy atom. The minimum Gasteiger partial charge on any atom is -0.205 e. The summed E-state index contributed by atoms with van der Waals surface area (Å²) in [6.07, 6.45) is 0. The molecule has 0 heterocycles. The molecule has 0 atom stereocenters. The van der Waals surface area contributed by atoms with Crippen LogP contribution in [0.3, 0.4) is 0 Å². The highest BCUT2D eigenvalue weighted by molar-refractivity contribution is 9.11. The van der Waals surface area contributed by atoms with Crippen LogP contribution in [0.1, 0.15) is 19.4 Å². The Morgan fingerprint density at radius 3 is 1.75 bits per heavy atom. The Bertz CT molecular complexity index is 236. The van der Waals surface area contributed by atoms with E-state index in [9.17, 15) is 4.39 Å². The molecule has 0 aliphatic rings. The topological polar surface area (TPSA) is 0 Å². The van der Waals surface area contributed by atoms with Crippen LogP contribution in [0.4, 0.5) is 4.39 Å². The molecule has 0 unspecified atom stereocenters. The van der Waals surface area contributed by atoms with Gasteiger partial charge in [0.05, 0.1) is 8.95 Å². The molecule has 0 saturated carbocycles. The van der Waals surface area contributed by atoms with E-state index in [1.165, 1.54) is 0 Å². The SMILES string of the molecule is CC.Cc1cc(Br)c(F)c(Br)c1. The number of hydrogen-bond acceptors (Lipinski definition) is 0. The van der Waals surface area contributed by atoms with E-state index < -0.39 is 0 Å². The molecule has 0 nitrogen and oxygen atoms in total. The van der Waals surface area contributed by atoms with E-state index in [0.717, 1.165) is 5.56 Å². The molecule has 1 aromatic rings. The Labute approximate surface area is 89.4 Å². The summed E-state index contributed by atoms with van der Waals surface area (Å²) in [7, 11) is 0. The van der Waals surface area contributed by atoms with Crippen LogP contribution < -0.4 is 0 Å². The first-order chi connectivity index (χ1) is 5.61. The van der Waals surface area contributed by atoms with Crippen molar-refractivity contribution in [2.75, 3.05) is 0 Å². The lowest BCUT2D eigenvalue weighted by molar-refractivity contribution is 0.614. The van der Waals surface area contributed by atoms with Crippen molar-refractivity contribution in [3.8, 4) is 0 Å². The molecule has 0 aliphatic heterocycles. The van der Waals surface area contributed by atoms with E-state index in [-0.39, 0.29) is 5.82 Å². The van der Waals surface area contributed by atoms with Crippen LogP contribution in [0, 0.1) is 12.7 Å². The van der Waals surface area contributed by atoms with Crippen molar-refractivity contribution in [3.63, 3.8) is 0 Å². The molecule has 1 rings (SSSR count). The van der Waals surface area contributed by atoms with Gasteiger partial charge in [-0.05, 0) is 56.5 Å². The van der Waals surface area contributed by atoms with E-state index >= 15 is 0 Å². The van der Waals surface area contributed by atoms with Crippen molar-refractivity contribution < 1.29 is 4.39 Å². The predicted octanol–water partition coefficient (Wildman–Crippen LogP) is 4.69. The minimum absolute atomic E-state index is 0.245. The second-order valence-electron chi connectivity index (χ2n) is 2.04. The molecule has 1 aromatic carbocycles. The van der Waals surface area contributed by atoms with Crippen molar-refractivity contribution in [2.45, 2.75) is 20.8 Å². The highest BCUT2D eigenvalue weighted by Crippen LogP contribution is 2.24. The number of rotatable bonds is 0. The van der Waals surface area contributed by atoms with Crippen LogP contribution in [-0.2, 0) is 0 Å². The molecule has 0 fully saturated rings. The smallest absolute Gasteiger partial charge is 0.151 e. The molecule has 0 N–H and O–H groups in total. The van der Waals surface area contributed by atoms with Crippen LogP contribution in [0.2, 0.25) is 0 Å². The normalized spacial score (nSPS) is 8.83. The summed E-state index contributed by atoms with van der Waals surface area (Å²) >= 11 is 6.18. The molecule has 3 heteroatoms. The van der Waals surface area contributed by atoms with Crippen LogP contribution >= 0.6 is 31.9 Å².